The number of nitrogens with one attached hydrogen (secondary N) is 1. The Morgan fingerprint density at radius 2 is 1.47 bits per heavy atom. The first-order valence-electron chi connectivity index (χ1n) is 9.08. The summed E-state index contributed by atoms with van der Waals surface area (Å²) in [6.45, 7) is 0. The average molecular weight is 412 g/mol. The predicted molar refractivity (Wildman–Crippen MR) is 109 cm³/mol. The molecule has 0 aliphatic heterocycles. The number of anilines is 1. The van der Waals surface area contributed by atoms with Crippen LogP contribution in [0.1, 0.15) is 26.3 Å². The molecule has 0 spiro atoms. The molecule has 1 N–H and O–H groups in total. The van der Waals surface area contributed by atoms with Crippen LogP contribution in [0.4, 0.5) is 18.9 Å². The van der Waals surface area contributed by atoms with Gasteiger partial charge >= 0.3 is 6.18 Å². The summed E-state index contributed by atoms with van der Waals surface area (Å²) in [5.41, 5.74) is -0.592. The molecular formula is C23H19F3N2O2. The lowest BCUT2D eigenvalue weighted by Crippen LogP contribution is -2.25. The van der Waals surface area contributed by atoms with Crippen molar-refractivity contribution in [2.24, 2.45) is 0 Å². The van der Waals surface area contributed by atoms with Gasteiger partial charge in [-0.05, 0) is 29.3 Å². The molecule has 0 unspecified atom stereocenters. The molecule has 0 heterocycles. The number of hydrogen-bond acceptors (Lipinski definition) is 2. The maximum atomic E-state index is 13.7. The second kappa shape index (κ2) is 8.41. The van der Waals surface area contributed by atoms with Crippen LogP contribution in [0.3, 0.4) is 0 Å². The minimum Gasteiger partial charge on any atom is -0.345 e. The normalized spacial score (nSPS) is 11.1. The molecule has 0 aliphatic rings. The van der Waals surface area contributed by atoms with Crippen LogP contribution in [-0.2, 0) is 6.18 Å². The number of halogens is 3. The molecule has 2 amide bonds. The molecule has 0 aliphatic carbocycles. The first-order chi connectivity index (χ1) is 14.2. The highest BCUT2D eigenvalue weighted by molar-refractivity contribution is 6.12. The van der Waals surface area contributed by atoms with E-state index < -0.39 is 23.2 Å². The summed E-state index contributed by atoms with van der Waals surface area (Å²) in [4.78, 5) is 26.8. The highest BCUT2D eigenvalue weighted by Gasteiger charge is 2.36. The van der Waals surface area contributed by atoms with Crippen LogP contribution in [0.5, 0.6) is 0 Å². The molecule has 0 fully saturated rings. The number of hydrogen-bond donors (Lipinski definition) is 1. The minimum absolute atomic E-state index is 0.136. The quantitative estimate of drug-likeness (QED) is 0.630. The van der Waals surface area contributed by atoms with Crippen LogP contribution in [0, 0.1) is 0 Å². The van der Waals surface area contributed by atoms with Gasteiger partial charge in [-0.2, -0.15) is 13.2 Å². The summed E-state index contributed by atoms with van der Waals surface area (Å²) in [6, 6.07) is 18.2. The molecule has 154 valence electrons. The Morgan fingerprint density at radius 1 is 0.833 bits per heavy atom. The van der Waals surface area contributed by atoms with Crippen molar-refractivity contribution in [3.05, 3.63) is 89.5 Å². The summed E-state index contributed by atoms with van der Waals surface area (Å²) < 4.78 is 41.1. The zero-order valence-electron chi connectivity index (χ0n) is 16.3. The second-order valence-corrected chi connectivity index (χ2v) is 6.79. The SMILES string of the molecule is CN(C)C(=O)c1ccccc1NC(=O)c1c(-c2ccccc2)cccc1C(F)(F)F. The molecule has 0 atom stereocenters. The molecule has 7 heteroatoms. The van der Waals surface area contributed by atoms with Gasteiger partial charge in [-0.15, -0.1) is 0 Å². The zero-order valence-corrected chi connectivity index (χ0v) is 16.3. The zero-order chi connectivity index (χ0) is 21.9. The van der Waals surface area contributed by atoms with Crippen LogP contribution in [0.25, 0.3) is 11.1 Å². The van der Waals surface area contributed by atoms with Gasteiger partial charge in [0.15, 0.2) is 0 Å². The smallest absolute Gasteiger partial charge is 0.345 e. The third-order valence-electron chi connectivity index (χ3n) is 4.49. The van der Waals surface area contributed by atoms with Crippen molar-refractivity contribution in [2.45, 2.75) is 6.18 Å². The number of para-hydroxylation sites is 1. The van der Waals surface area contributed by atoms with Gasteiger partial charge in [-0.3, -0.25) is 9.59 Å². The van der Waals surface area contributed by atoms with E-state index in [9.17, 15) is 22.8 Å². The van der Waals surface area contributed by atoms with Crippen molar-refractivity contribution in [3.63, 3.8) is 0 Å². The molecule has 3 aromatic rings. The molecule has 0 bridgehead atoms. The van der Waals surface area contributed by atoms with Gasteiger partial charge in [0.1, 0.15) is 0 Å². The van der Waals surface area contributed by atoms with E-state index >= 15 is 0 Å². The van der Waals surface area contributed by atoms with E-state index in [1.165, 1.54) is 29.2 Å². The van der Waals surface area contributed by atoms with Crippen LogP contribution in [0.15, 0.2) is 72.8 Å². The van der Waals surface area contributed by atoms with E-state index in [0.717, 1.165) is 6.07 Å². The van der Waals surface area contributed by atoms with Gasteiger partial charge in [0.2, 0.25) is 0 Å². The standard InChI is InChI=1S/C23H19F3N2O2/c1-28(2)22(30)17-11-6-7-14-19(17)27-21(29)20-16(15-9-4-3-5-10-15)12-8-13-18(20)23(24,25)26/h3-14H,1-2H3,(H,27,29). The molecule has 0 radical (unpaired) electrons. The molecule has 30 heavy (non-hydrogen) atoms. The van der Waals surface area contributed by atoms with Gasteiger partial charge in [0.05, 0.1) is 22.4 Å². The van der Waals surface area contributed by atoms with E-state index in [1.807, 2.05) is 0 Å². The third-order valence-corrected chi connectivity index (χ3v) is 4.49. The number of alkyl halides is 3. The van der Waals surface area contributed by atoms with Crippen molar-refractivity contribution in [1.29, 1.82) is 0 Å². The number of rotatable bonds is 4. The fourth-order valence-corrected chi connectivity index (χ4v) is 3.10. The van der Waals surface area contributed by atoms with Crippen LogP contribution in [0.2, 0.25) is 0 Å². The van der Waals surface area contributed by atoms with Crippen molar-refractivity contribution in [1.82, 2.24) is 4.90 Å². The van der Waals surface area contributed by atoms with Gasteiger partial charge < -0.3 is 10.2 Å². The molecule has 4 nitrogen and oxygen atoms in total. The van der Waals surface area contributed by atoms with Gasteiger partial charge in [0, 0.05) is 14.1 Å². The topological polar surface area (TPSA) is 49.4 Å². The summed E-state index contributed by atoms with van der Waals surface area (Å²) in [6.07, 6.45) is -4.73. The average Bonchev–Trinajstić information content (AvgIpc) is 2.73. The maximum Gasteiger partial charge on any atom is 0.417 e. The molecule has 0 saturated heterocycles. The first-order valence-corrected chi connectivity index (χ1v) is 9.08. The van der Waals surface area contributed by atoms with Crippen molar-refractivity contribution >= 4 is 17.5 Å². The Morgan fingerprint density at radius 3 is 2.10 bits per heavy atom. The number of benzene rings is 3. The predicted octanol–water partition coefficient (Wildman–Crippen LogP) is 5.33. The van der Waals surface area contributed by atoms with E-state index in [-0.39, 0.29) is 22.7 Å². The van der Waals surface area contributed by atoms with Crippen LogP contribution >= 0.6 is 0 Å². The molecular weight excluding hydrogens is 393 g/mol. The lowest BCUT2D eigenvalue weighted by atomic mass is 9.94. The number of carbonyl (C=O) groups excluding carboxylic acids is 2. The van der Waals surface area contributed by atoms with Gasteiger partial charge in [0.25, 0.3) is 11.8 Å². The Hall–Kier alpha value is -3.61. The Bertz CT molecular complexity index is 1080. The molecule has 3 aromatic carbocycles. The minimum atomic E-state index is -4.73. The fourth-order valence-electron chi connectivity index (χ4n) is 3.10. The van der Waals surface area contributed by atoms with Crippen molar-refractivity contribution in [3.8, 4) is 11.1 Å². The van der Waals surface area contributed by atoms with E-state index in [2.05, 4.69) is 5.32 Å². The van der Waals surface area contributed by atoms with Gasteiger partial charge in [-0.25, -0.2) is 0 Å². The van der Waals surface area contributed by atoms with Crippen LogP contribution in [-0.4, -0.2) is 30.8 Å². The third kappa shape index (κ3) is 4.35. The number of amides is 2. The molecule has 3 rings (SSSR count). The largest absolute Gasteiger partial charge is 0.417 e. The van der Waals surface area contributed by atoms with Crippen LogP contribution < -0.4 is 5.32 Å². The van der Waals surface area contributed by atoms with E-state index in [1.54, 1.807) is 56.6 Å². The molecule has 0 aromatic heterocycles. The Labute approximate surface area is 171 Å². The summed E-state index contributed by atoms with van der Waals surface area (Å²) in [5, 5.41) is 2.50. The Kier molecular flexibility index (Phi) is 5.91. The summed E-state index contributed by atoms with van der Waals surface area (Å²) in [7, 11) is 3.10. The second-order valence-electron chi connectivity index (χ2n) is 6.79. The van der Waals surface area contributed by atoms with Gasteiger partial charge in [-0.1, -0.05) is 54.6 Å². The highest BCUT2D eigenvalue weighted by atomic mass is 19.4. The van der Waals surface area contributed by atoms with E-state index in [0.29, 0.717) is 5.56 Å². The maximum absolute atomic E-state index is 13.7. The lowest BCUT2D eigenvalue weighted by molar-refractivity contribution is -0.137. The summed E-state index contributed by atoms with van der Waals surface area (Å²) in [5.74, 6) is -1.32. The monoisotopic (exact) mass is 412 g/mol. The summed E-state index contributed by atoms with van der Waals surface area (Å²) >= 11 is 0. The lowest BCUT2D eigenvalue weighted by Gasteiger charge is -2.19. The Balaban J connectivity index is 2.12. The first kappa shape index (κ1) is 21.1. The fraction of sp³-hybridized carbons (Fsp3) is 0.130. The molecule has 0 saturated carbocycles. The highest BCUT2D eigenvalue weighted by Crippen LogP contribution is 2.37. The number of carbonyl (C=O) groups is 2. The number of nitrogens with zero attached hydrogens (tertiary/aromatic N) is 1. The van der Waals surface area contributed by atoms with E-state index in [4.69, 9.17) is 0 Å². The van der Waals surface area contributed by atoms with Crippen molar-refractivity contribution < 1.29 is 22.8 Å². The van der Waals surface area contributed by atoms with Crippen molar-refractivity contribution in [2.75, 3.05) is 19.4 Å².